The van der Waals surface area contributed by atoms with Crippen LogP contribution in [0.5, 0.6) is 0 Å². The fourth-order valence-electron chi connectivity index (χ4n) is 5.55. The standard InChI is InChI=1S/C17H21N3O3/c1-10-18-3-2-13(19-10)14(21)20-17-7-11-4-12(8-17)6-16(5-11,9-17)15(22)23/h2-3,11-12H,4-9H2,1H3,(H,20,21)(H,22,23). The van der Waals surface area contributed by atoms with Gasteiger partial charge in [-0.2, -0.15) is 0 Å². The van der Waals surface area contributed by atoms with E-state index >= 15 is 0 Å². The zero-order valence-electron chi connectivity index (χ0n) is 13.2. The third kappa shape index (κ3) is 2.31. The van der Waals surface area contributed by atoms with Crippen molar-refractivity contribution in [1.29, 1.82) is 0 Å². The summed E-state index contributed by atoms with van der Waals surface area (Å²) < 4.78 is 0. The van der Waals surface area contributed by atoms with Crippen molar-refractivity contribution >= 4 is 11.9 Å². The molecule has 4 aliphatic carbocycles. The minimum atomic E-state index is -0.692. The molecule has 23 heavy (non-hydrogen) atoms. The van der Waals surface area contributed by atoms with Gasteiger partial charge in [-0.1, -0.05) is 0 Å². The van der Waals surface area contributed by atoms with Gasteiger partial charge < -0.3 is 10.4 Å². The monoisotopic (exact) mass is 315 g/mol. The summed E-state index contributed by atoms with van der Waals surface area (Å²) in [6, 6.07) is 1.61. The molecule has 1 aromatic heterocycles. The minimum absolute atomic E-state index is 0.210. The van der Waals surface area contributed by atoms with Crippen LogP contribution in [-0.4, -0.2) is 32.5 Å². The molecule has 4 aliphatic rings. The summed E-state index contributed by atoms with van der Waals surface area (Å²) in [5.41, 5.74) is -0.658. The first kappa shape index (κ1) is 14.6. The lowest BCUT2D eigenvalue weighted by Gasteiger charge is -2.60. The lowest BCUT2D eigenvalue weighted by molar-refractivity contribution is -0.167. The first-order valence-electron chi connectivity index (χ1n) is 8.25. The lowest BCUT2D eigenvalue weighted by atomic mass is 9.47. The van der Waals surface area contributed by atoms with E-state index in [0.29, 0.717) is 29.8 Å². The van der Waals surface area contributed by atoms with E-state index in [1.807, 2.05) is 0 Å². The number of aliphatic carboxylic acids is 1. The summed E-state index contributed by atoms with van der Waals surface area (Å²) in [6.07, 6.45) is 6.57. The SMILES string of the molecule is Cc1nccc(C(=O)NC23CC4CC(C2)CC(C(=O)O)(C4)C3)n1. The van der Waals surface area contributed by atoms with Gasteiger partial charge in [-0.15, -0.1) is 0 Å². The van der Waals surface area contributed by atoms with E-state index in [9.17, 15) is 14.7 Å². The van der Waals surface area contributed by atoms with E-state index in [-0.39, 0.29) is 11.4 Å². The molecule has 1 amide bonds. The molecule has 0 aliphatic heterocycles. The van der Waals surface area contributed by atoms with Gasteiger partial charge >= 0.3 is 5.97 Å². The summed E-state index contributed by atoms with van der Waals surface area (Å²) in [5, 5.41) is 12.9. The molecule has 1 heterocycles. The normalized spacial score (nSPS) is 37.6. The van der Waals surface area contributed by atoms with E-state index in [2.05, 4.69) is 15.3 Å². The first-order valence-corrected chi connectivity index (χ1v) is 8.25. The summed E-state index contributed by atoms with van der Waals surface area (Å²) in [6.45, 7) is 1.75. The van der Waals surface area contributed by atoms with Crippen LogP contribution in [0.3, 0.4) is 0 Å². The molecule has 0 spiro atoms. The summed E-state index contributed by atoms with van der Waals surface area (Å²) >= 11 is 0. The Hall–Kier alpha value is -1.98. The van der Waals surface area contributed by atoms with Crippen LogP contribution in [0.25, 0.3) is 0 Å². The van der Waals surface area contributed by atoms with Crippen molar-refractivity contribution in [2.45, 2.75) is 51.0 Å². The number of carbonyl (C=O) groups is 2. The summed E-state index contributed by atoms with van der Waals surface area (Å²) in [4.78, 5) is 32.7. The maximum Gasteiger partial charge on any atom is 0.309 e. The third-order valence-corrected chi connectivity index (χ3v) is 5.90. The molecule has 5 rings (SSSR count). The number of carboxylic acids is 1. The number of carbonyl (C=O) groups excluding carboxylic acids is 1. The van der Waals surface area contributed by atoms with E-state index in [4.69, 9.17) is 0 Å². The molecule has 4 bridgehead atoms. The second-order valence-electron chi connectivity index (χ2n) is 7.77. The molecule has 0 saturated heterocycles. The number of aryl methyl sites for hydroxylation is 1. The molecule has 4 fully saturated rings. The van der Waals surface area contributed by atoms with Crippen LogP contribution in [0.4, 0.5) is 0 Å². The molecule has 0 aromatic carbocycles. The maximum atomic E-state index is 12.6. The highest BCUT2D eigenvalue weighted by atomic mass is 16.4. The highest BCUT2D eigenvalue weighted by Gasteiger charge is 2.61. The molecule has 0 radical (unpaired) electrons. The Kier molecular flexibility index (Phi) is 3.02. The van der Waals surface area contributed by atoms with Crippen molar-refractivity contribution in [1.82, 2.24) is 15.3 Å². The Morgan fingerprint density at radius 1 is 1.26 bits per heavy atom. The van der Waals surface area contributed by atoms with Gasteiger partial charge in [0.2, 0.25) is 0 Å². The number of nitrogens with zero attached hydrogens (tertiary/aromatic N) is 2. The van der Waals surface area contributed by atoms with Crippen molar-refractivity contribution < 1.29 is 14.7 Å². The molecule has 4 saturated carbocycles. The Labute approximate surface area is 134 Å². The Bertz CT molecular complexity index is 673. The van der Waals surface area contributed by atoms with Crippen LogP contribution in [0.2, 0.25) is 0 Å². The van der Waals surface area contributed by atoms with Gasteiger partial charge in [-0.05, 0) is 63.4 Å². The average Bonchev–Trinajstić information content (AvgIpc) is 2.45. The predicted molar refractivity (Wildman–Crippen MR) is 81.7 cm³/mol. The molecule has 6 nitrogen and oxygen atoms in total. The zero-order chi connectivity index (χ0) is 16.2. The topological polar surface area (TPSA) is 92.2 Å². The smallest absolute Gasteiger partial charge is 0.309 e. The van der Waals surface area contributed by atoms with Crippen LogP contribution >= 0.6 is 0 Å². The van der Waals surface area contributed by atoms with Crippen molar-refractivity contribution in [2.24, 2.45) is 17.3 Å². The van der Waals surface area contributed by atoms with Gasteiger partial charge in [-0.3, -0.25) is 9.59 Å². The van der Waals surface area contributed by atoms with Gasteiger partial charge in [0.1, 0.15) is 11.5 Å². The Morgan fingerprint density at radius 2 is 1.96 bits per heavy atom. The van der Waals surface area contributed by atoms with E-state index in [1.54, 1.807) is 19.2 Å². The number of aromatic nitrogens is 2. The minimum Gasteiger partial charge on any atom is -0.481 e. The molecular weight excluding hydrogens is 294 g/mol. The molecule has 2 atom stereocenters. The van der Waals surface area contributed by atoms with Crippen LogP contribution < -0.4 is 5.32 Å². The van der Waals surface area contributed by atoms with Gasteiger partial charge in [0.25, 0.3) is 5.91 Å². The summed E-state index contributed by atoms with van der Waals surface area (Å²) in [5.74, 6) is 0.492. The molecule has 1 aromatic rings. The number of carboxylic acid groups (broad SMARTS) is 1. The number of hydrogen-bond acceptors (Lipinski definition) is 4. The second kappa shape index (κ2) is 4.76. The van der Waals surface area contributed by atoms with Crippen molar-refractivity contribution in [3.63, 3.8) is 0 Å². The summed E-state index contributed by atoms with van der Waals surface area (Å²) in [7, 11) is 0. The molecule has 122 valence electrons. The maximum absolute atomic E-state index is 12.6. The van der Waals surface area contributed by atoms with Gasteiger partial charge in [0.05, 0.1) is 5.41 Å². The molecule has 6 heteroatoms. The lowest BCUT2D eigenvalue weighted by Crippen LogP contribution is -2.64. The zero-order valence-corrected chi connectivity index (χ0v) is 13.2. The predicted octanol–water partition coefficient (Wildman–Crippen LogP) is 1.94. The average molecular weight is 315 g/mol. The highest BCUT2D eigenvalue weighted by Crippen LogP contribution is 2.61. The van der Waals surface area contributed by atoms with Gasteiger partial charge in [-0.25, -0.2) is 9.97 Å². The van der Waals surface area contributed by atoms with E-state index in [1.165, 1.54) is 0 Å². The highest BCUT2D eigenvalue weighted by molar-refractivity contribution is 5.93. The largest absolute Gasteiger partial charge is 0.481 e. The number of nitrogens with one attached hydrogen (secondary N) is 1. The Balaban J connectivity index is 1.61. The number of hydrogen-bond donors (Lipinski definition) is 2. The van der Waals surface area contributed by atoms with Crippen LogP contribution in [0.15, 0.2) is 12.3 Å². The van der Waals surface area contributed by atoms with E-state index < -0.39 is 11.4 Å². The van der Waals surface area contributed by atoms with Gasteiger partial charge in [0, 0.05) is 11.7 Å². The quantitative estimate of drug-likeness (QED) is 0.889. The third-order valence-electron chi connectivity index (χ3n) is 5.90. The van der Waals surface area contributed by atoms with Crippen LogP contribution in [0, 0.1) is 24.2 Å². The molecular formula is C17H21N3O3. The second-order valence-corrected chi connectivity index (χ2v) is 7.77. The van der Waals surface area contributed by atoms with Gasteiger partial charge in [0.15, 0.2) is 0 Å². The fraction of sp³-hybridized carbons (Fsp3) is 0.647. The van der Waals surface area contributed by atoms with Crippen molar-refractivity contribution in [3.8, 4) is 0 Å². The van der Waals surface area contributed by atoms with Crippen molar-refractivity contribution in [3.05, 3.63) is 23.8 Å². The molecule has 2 N–H and O–H groups in total. The van der Waals surface area contributed by atoms with Crippen LogP contribution in [-0.2, 0) is 4.79 Å². The fourth-order valence-corrected chi connectivity index (χ4v) is 5.55. The van der Waals surface area contributed by atoms with Crippen LogP contribution in [0.1, 0.15) is 54.8 Å². The number of rotatable bonds is 3. The van der Waals surface area contributed by atoms with E-state index in [0.717, 1.165) is 32.1 Å². The van der Waals surface area contributed by atoms with Crippen molar-refractivity contribution in [2.75, 3.05) is 0 Å². The molecule has 2 unspecified atom stereocenters. The Morgan fingerprint density at radius 3 is 2.57 bits per heavy atom. The first-order chi connectivity index (χ1) is 10.9. The number of amides is 1.